The second kappa shape index (κ2) is 9.21. The number of thioether (sulfide) groups is 2. The second-order valence-electron chi connectivity index (χ2n) is 5.42. The first kappa shape index (κ1) is 18.9. The van der Waals surface area contributed by atoms with Crippen LogP contribution in [-0.4, -0.2) is 17.1 Å². The predicted molar refractivity (Wildman–Crippen MR) is 110 cm³/mol. The Hall–Kier alpha value is -1.83. The first-order valence-electron chi connectivity index (χ1n) is 7.86. The number of aromatic nitrogens is 1. The summed E-state index contributed by atoms with van der Waals surface area (Å²) in [6.45, 7) is 0. The van der Waals surface area contributed by atoms with Crippen LogP contribution in [0, 0.1) is 5.82 Å². The minimum Gasteiger partial charge on any atom is -0.298 e. The van der Waals surface area contributed by atoms with E-state index in [-0.39, 0.29) is 11.7 Å². The van der Waals surface area contributed by atoms with Crippen LogP contribution in [0.5, 0.6) is 0 Å². The molecule has 2 aromatic carbocycles. The number of amides is 1. The van der Waals surface area contributed by atoms with Gasteiger partial charge in [-0.25, -0.2) is 9.37 Å². The molecule has 0 bridgehead atoms. The first-order chi connectivity index (χ1) is 12.7. The van der Waals surface area contributed by atoms with E-state index in [0.717, 1.165) is 27.7 Å². The van der Waals surface area contributed by atoms with Crippen molar-refractivity contribution in [3.63, 3.8) is 0 Å². The van der Waals surface area contributed by atoms with Crippen molar-refractivity contribution in [1.82, 2.24) is 4.98 Å². The highest BCUT2D eigenvalue weighted by molar-refractivity contribution is 7.98. The molecule has 3 nitrogen and oxygen atoms in total. The van der Waals surface area contributed by atoms with Gasteiger partial charge in [0.25, 0.3) is 5.91 Å². The molecular formula is C19H17FN2OS3. The van der Waals surface area contributed by atoms with Crippen molar-refractivity contribution in [3.8, 4) is 0 Å². The molecule has 0 radical (unpaired) electrons. The van der Waals surface area contributed by atoms with E-state index in [1.165, 1.54) is 23.5 Å². The lowest BCUT2D eigenvalue weighted by Gasteiger charge is -2.06. The highest BCUT2D eigenvalue weighted by atomic mass is 32.2. The van der Waals surface area contributed by atoms with E-state index in [4.69, 9.17) is 0 Å². The molecule has 0 aliphatic heterocycles. The van der Waals surface area contributed by atoms with Crippen molar-refractivity contribution in [3.05, 3.63) is 76.5 Å². The van der Waals surface area contributed by atoms with Crippen molar-refractivity contribution >= 4 is 45.9 Å². The van der Waals surface area contributed by atoms with Gasteiger partial charge < -0.3 is 0 Å². The minimum absolute atomic E-state index is 0.144. The summed E-state index contributed by atoms with van der Waals surface area (Å²) in [5.41, 5.74) is 2.66. The summed E-state index contributed by atoms with van der Waals surface area (Å²) >= 11 is 4.67. The smallest absolute Gasteiger partial charge is 0.258 e. The topological polar surface area (TPSA) is 42.0 Å². The molecule has 0 atom stereocenters. The Morgan fingerprint density at radius 3 is 2.69 bits per heavy atom. The predicted octanol–water partition coefficient (Wildman–Crippen LogP) is 5.69. The molecule has 1 heterocycles. The summed E-state index contributed by atoms with van der Waals surface area (Å²) in [6, 6.07) is 14.0. The summed E-state index contributed by atoms with van der Waals surface area (Å²) in [6.07, 6.45) is 1.95. The quantitative estimate of drug-likeness (QED) is 0.514. The fraction of sp³-hybridized carbons (Fsp3) is 0.158. The zero-order chi connectivity index (χ0) is 18.4. The zero-order valence-corrected chi connectivity index (χ0v) is 16.5. The standard InChI is InChI=1S/C19H17FN2OS3/c1-24-17-5-3-2-4-16(17)18(23)22-19-21-15(12-26-19)11-25-10-13-6-8-14(20)9-7-13/h2-9,12H,10-11H2,1H3,(H,21,22,23). The Labute approximate surface area is 164 Å². The van der Waals surface area contributed by atoms with E-state index in [0.29, 0.717) is 10.7 Å². The summed E-state index contributed by atoms with van der Waals surface area (Å²) in [5, 5.41) is 5.42. The Balaban J connectivity index is 1.54. The van der Waals surface area contributed by atoms with Crippen molar-refractivity contribution in [2.45, 2.75) is 16.4 Å². The molecule has 3 rings (SSSR count). The van der Waals surface area contributed by atoms with Crippen LogP contribution in [0.2, 0.25) is 0 Å². The van der Waals surface area contributed by atoms with Crippen LogP contribution in [0.1, 0.15) is 21.6 Å². The van der Waals surface area contributed by atoms with Gasteiger partial charge in [-0.1, -0.05) is 24.3 Å². The zero-order valence-electron chi connectivity index (χ0n) is 14.1. The maximum absolute atomic E-state index is 12.9. The summed E-state index contributed by atoms with van der Waals surface area (Å²) in [4.78, 5) is 17.9. The number of halogens is 1. The van der Waals surface area contributed by atoms with Gasteiger partial charge in [0, 0.05) is 21.8 Å². The van der Waals surface area contributed by atoms with Crippen molar-refractivity contribution < 1.29 is 9.18 Å². The number of carbonyl (C=O) groups is 1. The fourth-order valence-corrected chi connectivity index (χ4v) is 4.57. The van der Waals surface area contributed by atoms with E-state index in [2.05, 4.69) is 10.3 Å². The van der Waals surface area contributed by atoms with Crippen LogP contribution >= 0.6 is 34.9 Å². The summed E-state index contributed by atoms with van der Waals surface area (Å²) < 4.78 is 12.9. The molecule has 0 spiro atoms. The Bertz CT molecular complexity index is 881. The first-order valence-corrected chi connectivity index (χ1v) is 11.1. The van der Waals surface area contributed by atoms with E-state index in [9.17, 15) is 9.18 Å². The number of hydrogen-bond acceptors (Lipinski definition) is 5. The lowest BCUT2D eigenvalue weighted by molar-refractivity contribution is 0.102. The summed E-state index contributed by atoms with van der Waals surface area (Å²) in [7, 11) is 0. The van der Waals surface area contributed by atoms with Gasteiger partial charge >= 0.3 is 0 Å². The van der Waals surface area contributed by atoms with Crippen molar-refractivity contribution in [1.29, 1.82) is 0 Å². The molecular weight excluding hydrogens is 387 g/mol. The molecule has 1 aromatic heterocycles. The van der Waals surface area contributed by atoms with Crippen LogP contribution in [0.3, 0.4) is 0 Å². The highest BCUT2D eigenvalue weighted by Crippen LogP contribution is 2.24. The third kappa shape index (κ3) is 5.09. The van der Waals surface area contributed by atoms with Gasteiger partial charge in [-0.05, 0) is 36.1 Å². The van der Waals surface area contributed by atoms with Crippen LogP contribution in [0.15, 0.2) is 58.8 Å². The van der Waals surface area contributed by atoms with Crippen molar-refractivity contribution in [2.24, 2.45) is 0 Å². The highest BCUT2D eigenvalue weighted by Gasteiger charge is 2.12. The van der Waals surface area contributed by atoms with Gasteiger partial charge in [-0.15, -0.1) is 23.1 Å². The van der Waals surface area contributed by atoms with E-state index >= 15 is 0 Å². The largest absolute Gasteiger partial charge is 0.298 e. The van der Waals surface area contributed by atoms with Gasteiger partial charge in [0.1, 0.15) is 5.82 Å². The fourth-order valence-electron chi connectivity index (χ4n) is 2.28. The molecule has 0 aliphatic carbocycles. The molecule has 0 unspecified atom stereocenters. The monoisotopic (exact) mass is 404 g/mol. The third-order valence-corrected chi connectivity index (χ3v) is 6.20. The molecule has 0 fully saturated rings. The number of anilines is 1. The maximum atomic E-state index is 12.9. The second-order valence-corrected chi connectivity index (χ2v) is 8.11. The van der Waals surface area contributed by atoms with Crippen LogP contribution in [-0.2, 0) is 11.5 Å². The number of benzene rings is 2. The molecule has 3 aromatic rings. The Morgan fingerprint density at radius 1 is 1.15 bits per heavy atom. The molecule has 0 aliphatic rings. The number of carbonyl (C=O) groups excluding carboxylic acids is 1. The molecule has 0 saturated heterocycles. The summed E-state index contributed by atoms with van der Waals surface area (Å²) in [5.74, 6) is 1.17. The normalized spacial score (nSPS) is 10.7. The SMILES string of the molecule is CSc1ccccc1C(=O)Nc1nc(CSCc2ccc(F)cc2)cs1. The number of hydrogen-bond donors (Lipinski definition) is 1. The molecule has 1 N–H and O–H groups in total. The lowest BCUT2D eigenvalue weighted by Crippen LogP contribution is -2.12. The van der Waals surface area contributed by atoms with Crippen LogP contribution < -0.4 is 5.32 Å². The number of rotatable bonds is 7. The Morgan fingerprint density at radius 2 is 1.92 bits per heavy atom. The number of nitrogens with zero attached hydrogens (tertiary/aromatic N) is 1. The van der Waals surface area contributed by atoms with Crippen LogP contribution in [0.4, 0.5) is 9.52 Å². The van der Waals surface area contributed by atoms with Gasteiger partial charge in [-0.2, -0.15) is 11.8 Å². The van der Waals surface area contributed by atoms with Gasteiger partial charge in [0.2, 0.25) is 0 Å². The van der Waals surface area contributed by atoms with E-state index < -0.39 is 0 Å². The van der Waals surface area contributed by atoms with E-state index in [1.807, 2.05) is 35.9 Å². The maximum Gasteiger partial charge on any atom is 0.258 e. The van der Waals surface area contributed by atoms with Crippen molar-refractivity contribution in [2.75, 3.05) is 11.6 Å². The van der Waals surface area contributed by atoms with Gasteiger partial charge in [0.05, 0.1) is 11.3 Å². The molecule has 7 heteroatoms. The molecule has 0 saturated carbocycles. The van der Waals surface area contributed by atoms with Gasteiger partial charge in [-0.3, -0.25) is 10.1 Å². The average Bonchev–Trinajstić information content (AvgIpc) is 3.10. The molecule has 26 heavy (non-hydrogen) atoms. The average molecular weight is 405 g/mol. The third-order valence-electron chi connectivity index (χ3n) is 3.56. The van der Waals surface area contributed by atoms with E-state index in [1.54, 1.807) is 35.7 Å². The number of nitrogens with one attached hydrogen (secondary N) is 1. The lowest BCUT2D eigenvalue weighted by atomic mass is 10.2. The Kier molecular flexibility index (Phi) is 6.71. The number of thiazole rings is 1. The van der Waals surface area contributed by atoms with Gasteiger partial charge in [0.15, 0.2) is 5.13 Å². The van der Waals surface area contributed by atoms with Crippen LogP contribution in [0.25, 0.3) is 0 Å². The molecule has 134 valence electrons. The minimum atomic E-state index is -0.221. The molecule has 1 amide bonds.